The Hall–Kier alpha value is -1.34. The summed E-state index contributed by atoms with van der Waals surface area (Å²) in [6, 6.07) is -0.247. The fraction of sp³-hybridized carbons (Fsp3) is 0.733. The van der Waals surface area contributed by atoms with Crippen LogP contribution in [0.25, 0.3) is 0 Å². The van der Waals surface area contributed by atoms with Crippen molar-refractivity contribution >= 4 is 22.5 Å². The zero-order valence-corrected chi connectivity index (χ0v) is 15.1. The molecule has 0 fully saturated rings. The predicted molar refractivity (Wildman–Crippen MR) is 91.3 cm³/mol. The quantitative estimate of drug-likeness (QED) is 0.716. The normalized spacial score (nSPS) is 13.1. The topological polar surface area (TPSA) is 77.5 Å². The second-order valence-corrected chi connectivity index (χ2v) is 7.57. The minimum absolute atomic E-state index is 0.152. The number of nitrogens with one attached hydrogen (secondary N) is 2. The summed E-state index contributed by atoms with van der Waals surface area (Å²) >= 11 is 1.54. The van der Waals surface area contributed by atoms with E-state index in [0.717, 1.165) is 10.8 Å². The Kier molecular flexibility index (Phi) is 6.62. The van der Waals surface area contributed by atoms with Crippen LogP contribution in [0.2, 0.25) is 0 Å². The van der Waals surface area contributed by atoms with Crippen LogP contribution in [0.3, 0.4) is 0 Å². The summed E-state index contributed by atoms with van der Waals surface area (Å²) in [6.07, 6.45) is -0.464. The van der Waals surface area contributed by atoms with E-state index in [-0.39, 0.29) is 17.4 Å². The van der Waals surface area contributed by atoms with Crippen molar-refractivity contribution in [2.45, 2.75) is 40.3 Å². The van der Waals surface area contributed by atoms with E-state index in [1.807, 2.05) is 52.1 Å². The van der Waals surface area contributed by atoms with Crippen LogP contribution in [0, 0.1) is 11.3 Å². The molecule has 6 nitrogen and oxygen atoms in total. The molecule has 0 spiro atoms. The van der Waals surface area contributed by atoms with Gasteiger partial charge in [0.15, 0.2) is 5.13 Å². The summed E-state index contributed by atoms with van der Waals surface area (Å²) in [4.78, 5) is 18.2. The zero-order valence-electron chi connectivity index (χ0n) is 14.3. The fourth-order valence-corrected chi connectivity index (χ4v) is 2.89. The molecule has 22 heavy (non-hydrogen) atoms. The van der Waals surface area contributed by atoms with Gasteiger partial charge in [-0.1, -0.05) is 27.7 Å². The summed E-state index contributed by atoms with van der Waals surface area (Å²) < 4.78 is 0. The van der Waals surface area contributed by atoms with E-state index in [9.17, 15) is 9.90 Å². The van der Waals surface area contributed by atoms with Gasteiger partial charge in [-0.15, -0.1) is 11.3 Å². The standard InChI is InChI=1S/C15H28N4O2S/c1-10(2)12(20)15(3,4)9-17-13(21)16-7-11-8-22-14(18-11)19(5)6/h8,10,12,20H,7,9H2,1-6H3,(H2,16,17,21)/t12-/m0/s1. The average molecular weight is 328 g/mol. The van der Waals surface area contributed by atoms with Crippen molar-refractivity contribution in [3.8, 4) is 0 Å². The fourth-order valence-electron chi connectivity index (χ4n) is 2.13. The summed E-state index contributed by atoms with van der Waals surface area (Å²) in [5.74, 6) is 0.152. The van der Waals surface area contributed by atoms with E-state index in [1.54, 1.807) is 11.3 Å². The third-order valence-corrected chi connectivity index (χ3v) is 4.55. The molecule has 0 saturated heterocycles. The Morgan fingerprint density at radius 3 is 2.55 bits per heavy atom. The van der Waals surface area contributed by atoms with Crippen molar-refractivity contribution in [1.29, 1.82) is 0 Å². The first kappa shape index (κ1) is 18.7. The highest BCUT2D eigenvalue weighted by atomic mass is 32.1. The van der Waals surface area contributed by atoms with E-state index in [1.165, 1.54) is 0 Å². The lowest BCUT2D eigenvalue weighted by atomic mass is 9.81. The van der Waals surface area contributed by atoms with Gasteiger partial charge in [-0.25, -0.2) is 9.78 Å². The minimum Gasteiger partial charge on any atom is -0.392 e. The number of aliphatic hydroxyl groups is 1. The van der Waals surface area contributed by atoms with Gasteiger partial charge in [0.25, 0.3) is 0 Å². The van der Waals surface area contributed by atoms with E-state index in [4.69, 9.17) is 0 Å². The van der Waals surface area contributed by atoms with Crippen molar-refractivity contribution in [1.82, 2.24) is 15.6 Å². The number of nitrogens with zero attached hydrogens (tertiary/aromatic N) is 2. The van der Waals surface area contributed by atoms with Gasteiger partial charge in [0.2, 0.25) is 0 Å². The Morgan fingerprint density at radius 2 is 2.05 bits per heavy atom. The number of thiazole rings is 1. The van der Waals surface area contributed by atoms with Crippen molar-refractivity contribution in [3.05, 3.63) is 11.1 Å². The lowest BCUT2D eigenvalue weighted by molar-refractivity contribution is 0.0151. The zero-order chi connectivity index (χ0) is 16.9. The molecule has 0 unspecified atom stereocenters. The lowest BCUT2D eigenvalue weighted by Gasteiger charge is -2.33. The van der Waals surface area contributed by atoms with Gasteiger partial charge in [0.1, 0.15) is 0 Å². The second kappa shape index (κ2) is 7.78. The van der Waals surface area contributed by atoms with Gasteiger partial charge in [-0.05, 0) is 5.92 Å². The molecule has 1 rings (SSSR count). The molecule has 0 bridgehead atoms. The number of carbonyl (C=O) groups excluding carboxylic acids is 1. The molecule has 1 atom stereocenters. The first-order valence-corrected chi connectivity index (χ1v) is 8.33. The number of rotatable bonds is 7. The molecule has 1 aromatic heterocycles. The van der Waals surface area contributed by atoms with E-state index >= 15 is 0 Å². The van der Waals surface area contributed by atoms with Crippen LogP contribution in [0.4, 0.5) is 9.93 Å². The van der Waals surface area contributed by atoms with Crippen LogP contribution in [-0.4, -0.2) is 42.9 Å². The van der Waals surface area contributed by atoms with Crippen LogP contribution < -0.4 is 15.5 Å². The molecular formula is C15H28N4O2S. The first-order valence-electron chi connectivity index (χ1n) is 7.45. The number of carbonyl (C=O) groups is 1. The Morgan fingerprint density at radius 1 is 1.41 bits per heavy atom. The van der Waals surface area contributed by atoms with E-state index in [0.29, 0.717) is 13.1 Å². The monoisotopic (exact) mass is 328 g/mol. The third-order valence-electron chi connectivity index (χ3n) is 3.49. The van der Waals surface area contributed by atoms with Gasteiger partial charge >= 0.3 is 6.03 Å². The van der Waals surface area contributed by atoms with Gasteiger partial charge in [-0.2, -0.15) is 0 Å². The Bertz CT molecular complexity index is 486. The first-order chi connectivity index (χ1) is 10.1. The SMILES string of the molecule is CC(C)[C@H](O)C(C)(C)CNC(=O)NCc1csc(N(C)C)n1. The molecule has 1 aromatic rings. The van der Waals surface area contributed by atoms with E-state index in [2.05, 4.69) is 15.6 Å². The molecule has 7 heteroatoms. The molecular weight excluding hydrogens is 300 g/mol. The van der Waals surface area contributed by atoms with Gasteiger partial charge in [-0.3, -0.25) is 0 Å². The summed E-state index contributed by atoms with van der Waals surface area (Å²) in [5, 5.41) is 18.6. The Balaban J connectivity index is 2.40. The van der Waals surface area contributed by atoms with Gasteiger partial charge in [0, 0.05) is 31.4 Å². The molecule has 0 saturated carbocycles. The van der Waals surface area contributed by atoms with Gasteiger partial charge in [0.05, 0.1) is 18.3 Å². The number of hydrogen-bond acceptors (Lipinski definition) is 5. The smallest absolute Gasteiger partial charge is 0.315 e. The summed E-state index contributed by atoms with van der Waals surface area (Å²) in [6.45, 7) is 8.64. The maximum absolute atomic E-state index is 11.9. The molecule has 0 aromatic carbocycles. The van der Waals surface area contributed by atoms with Crippen LogP contribution >= 0.6 is 11.3 Å². The molecule has 2 amide bonds. The molecule has 0 aliphatic rings. The highest BCUT2D eigenvalue weighted by Gasteiger charge is 2.30. The maximum Gasteiger partial charge on any atom is 0.315 e. The van der Waals surface area contributed by atoms with Crippen LogP contribution in [0.5, 0.6) is 0 Å². The molecule has 1 heterocycles. The van der Waals surface area contributed by atoms with Crippen molar-refractivity contribution in [3.63, 3.8) is 0 Å². The number of aromatic nitrogens is 1. The van der Waals surface area contributed by atoms with Crippen LogP contribution in [-0.2, 0) is 6.54 Å². The van der Waals surface area contributed by atoms with Crippen LogP contribution in [0.1, 0.15) is 33.4 Å². The number of anilines is 1. The van der Waals surface area contributed by atoms with Crippen molar-refractivity contribution in [2.24, 2.45) is 11.3 Å². The maximum atomic E-state index is 11.9. The summed E-state index contributed by atoms with van der Waals surface area (Å²) in [5.41, 5.74) is 0.467. The third kappa shape index (κ3) is 5.46. The number of amides is 2. The lowest BCUT2D eigenvalue weighted by Crippen LogP contribution is -2.46. The average Bonchev–Trinajstić information content (AvgIpc) is 2.91. The van der Waals surface area contributed by atoms with Crippen molar-refractivity contribution < 1.29 is 9.90 Å². The van der Waals surface area contributed by atoms with E-state index < -0.39 is 6.10 Å². The minimum atomic E-state index is -0.464. The molecule has 0 aliphatic carbocycles. The van der Waals surface area contributed by atoms with Crippen molar-refractivity contribution in [2.75, 3.05) is 25.5 Å². The predicted octanol–water partition coefficient (Wildman–Crippen LogP) is 2.05. The highest BCUT2D eigenvalue weighted by molar-refractivity contribution is 7.13. The molecule has 0 radical (unpaired) electrons. The highest BCUT2D eigenvalue weighted by Crippen LogP contribution is 2.25. The number of hydrogen-bond donors (Lipinski definition) is 3. The second-order valence-electron chi connectivity index (χ2n) is 6.73. The number of aliphatic hydroxyl groups excluding tert-OH is 1. The summed E-state index contributed by atoms with van der Waals surface area (Å²) in [7, 11) is 3.87. The van der Waals surface area contributed by atoms with Gasteiger partial charge < -0.3 is 20.6 Å². The molecule has 126 valence electrons. The largest absolute Gasteiger partial charge is 0.392 e. The molecule has 0 aliphatic heterocycles. The van der Waals surface area contributed by atoms with Crippen LogP contribution in [0.15, 0.2) is 5.38 Å². The molecule has 3 N–H and O–H groups in total. The number of urea groups is 1. The Labute approximate surface area is 136 Å².